The van der Waals surface area contributed by atoms with E-state index in [1.54, 1.807) is 18.1 Å². The van der Waals surface area contributed by atoms with Crippen molar-refractivity contribution in [2.45, 2.75) is 56.0 Å². The predicted octanol–water partition coefficient (Wildman–Crippen LogP) is 4.70. The first kappa shape index (κ1) is 20.0. The van der Waals surface area contributed by atoms with Gasteiger partial charge < -0.3 is 5.32 Å². The molecule has 0 spiro atoms. The Labute approximate surface area is 181 Å². The molecule has 0 radical (unpaired) electrons. The van der Waals surface area contributed by atoms with Gasteiger partial charge in [0.05, 0.1) is 6.20 Å². The lowest BCUT2D eigenvalue weighted by molar-refractivity contribution is 0.150. The fourth-order valence-corrected chi connectivity index (χ4v) is 5.12. The van der Waals surface area contributed by atoms with E-state index in [4.69, 9.17) is 0 Å². The molecule has 3 aromatic rings. The molecule has 4 heterocycles. The number of rotatable bonds is 6. The third-order valence-electron chi connectivity index (χ3n) is 5.50. The van der Waals surface area contributed by atoms with Gasteiger partial charge in [0.15, 0.2) is 10.0 Å². The van der Waals surface area contributed by atoms with Crippen LogP contribution in [0.5, 0.6) is 0 Å². The van der Waals surface area contributed by atoms with Crippen LogP contribution in [0.3, 0.4) is 0 Å². The second-order valence-corrected chi connectivity index (χ2v) is 10.0. The topological polar surface area (TPSA) is 67.1 Å². The molecule has 30 heavy (non-hydrogen) atoms. The normalized spacial score (nSPS) is 20.7. The number of aromatic nitrogens is 4. The molecule has 1 unspecified atom stereocenters. The zero-order chi connectivity index (χ0) is 20.9. The van der Waals surface area contributed by atoms with Gasteiger partial charge in [0.25, 0.3) is 6.43 Å². The van der Waals surface area contributed by atoms with Crippen LogP contribution in [-0.2, 0) is 0 Å². The Morgan fingerprint density at radius 3 is 2.90 bits per heavy atom. The van der Waals surface area contributed by atoms with Crippen molar-refractivity contribution in [2.24, 2.45) is 0 Å². The fraction of sp³-hybridized carbons (Fsp3) is 0.450. The van der Waals surface area contributed by atoms with Crippen molar-refractivity contribution in [3.05, 3.63) is 35.1 Å². The molecule has 6 nitrogen and oxygen atoms in total. The largest absolute Gasteiger partial charge is 0.310 e. The number of fused-ring (bicyclic) bond motifs is 1. The summed E-state index contributed by atoms with van der Waals surface area (Å²) in [5, 5.41) is 11.2. The van der Waals surface area contributed by atoms with Crippen LogP contribution in [-0.4, -0.2) is 37.7 Å². The molecule has 0 bridgehead atoms. The Morgan fingerprint density at radius 1 is 1.37 bits per heavy atom. The predicted molar refractivity (Wildman–Crippen MR) is 116 cm³/mol. The highest BCUT2D eigenvalue weighted by Crippen LogP contribution is 2.39. The monoisotopic (exact) mass is 448 g/mol. The molecule has 1 fully saturated rings. The summed E-state index contributed by atoms with van der Waals surface area (Å²) in [6.07, 6.45) is 6.56. The quantitative estimate of drug-likeness (QED) is 0.533. The zero-order valence-corrected chi connectivity index (χ0v) is 18.3. The summed E-state index contributed by atoms with van der Waals surface area (Å²) in [7, 11) is 0. The van der Waals surface area contributed by atoms with Gasteiger partial charge in [0.1, 0.15) is 11.3 Å². The molecule has 1 atom stereocenters. The molecular formula is C20H22F2N6S2. The smallest absolute Gasteiger partial charge is 0.291 e. The Kier molecular flexibility index (Phi) is 5.12. The third-order valence-corrected chi connectivity index (χ3v) is 7.51. The summed E-state index contributed by atoms with van der Waals surface area (Å²) in [6, 6.07) is 2.46. The van der Waals surface area contributed by atoms with Gasteiger partial charge in [0, 0.05) is 28.2 Å². The van der Waals surface area contributed by atoms with Gasteiger partial charge in [-0.1, -0.05) is 17.4 Å². The van der Waals surface area contributed by atoms with Gasteiger partial charge in [-0.25, -0.2) is 13.8 Å². The van der Waals surface area contributed by atoms with Crippen LogP contribution < -0.4 is 10.0 Å². The van der Waals surface area contributed by atoms with Gasteiger partial charge in [-0.3, -0.25) is 9.12 Å². The molecule has 0 aromatic carbocycles. The van der Waals surface area contributed by atoms with Crippen molar-refractivity contribution < 1.29 is 8.78 Å². The minimum Gasteiger partial charge on any atom is -0.310 e. The van der Waals surface area contributed by atoms with Crippen LogP contribution in [0.4, 0.5) is 8.78 Å². The van der Waals surface area contributed by atoms with Crippen LogP contribution in [0.1, 0.15) is 50.1 Å². The minimum atomic E-state index is -2.62. The maximum Gasteiger partial charge on any atom is 0.291 e. The first-order valence-electron chi connectivity index (χ1n) is 9.93. The lowest BCUT2D eigenvalue weighted by Crippen LogP contribution is -2.29. The van der Waals surface area contributed by atoms with Crippen molar-refractivity contribution in [3.8, 4) is 10.7 Å². The van der Waals surface area contributed by atoms with E-state index >= 15 is 0 Å². The first-order chi connectivity index (χ1) is 14.4. The lowest BCUT2D eigenvalue weighted by Gasteiger charge is -2.21. The van der Waals surface area contributed by atoms with E-state index in [-0.39, 0.29) is 10.5 Å². The summed E-state index contributed by atoms with van der Waals surface area (Å²) in [5.74, 6) is 0. The molecule has 1 aliphatic heterocycles. The van der Waals surface area contributed by atoms with Crippen molar-refractivity contribution in [3.63, 3.8) is 0 Å². The van der Waals surface area contributed by atoms with E-state index in [2.05, 4.69) is 51.2 Å². The van der Waals surface area contributed by atoms with E-state index in [0.717, 1.165) is 40.4 Å². The van der Waals surface area contributed by atoms with Crippen molar-refractivity contribution in [1.29, 1.82) is 0 Å². The van der Waals surface area contributed by atoms with E-state index in [1.807, 2.05) is 10.6 Å². The molecule has 0 saturated heterocycles. The Hall–Kier alpha value is -1.88. The summed E-state index contributed by atoms with van der Waals surface area (Å²) < 4.78 is 31.6. The van der Waals surface area contributed by atoms with Crippen LogP contribution in [0, 0.1) is 0 Å². The molecule has 158 valence electrons. The van der Waals surface area contributed by atoms with E-state index in [0.29, 0.717) is 16.7 Å². The molecule has 2 N–H and O–H groups in total. The minimum absolute atomic E-state index is 0.186. The van der Waals surface area contributed by atoms with Gasteiger partial charge in [-0.2, -0.15) is 0 Å². The summed E-state index contributed by atoms with van der Waals surface area (Å²) >= 11 is 2.52. The molecule has 2 aliphatic rings. The second-order valence-electron chi connectivity index (χ2n) is 8.12. The molecule has 1 aliphatic carbocycles. The van der Waals surface area contributed by atoms with Gasteiger partial charge in [0.2, 0.25) is 0 Å². The van der Waals surface area contributed by atoms with Gasteiger partial charge in [-0.05, 0) is 63.2 Å². The van der Waals surface area contributed by atoms with E-state index in [9.17, 15) is 8.78 Å². The summed E-state index contributed by atoms with van der Waals surface area (Å²) in [6.45, 7) is 5.26. The SMILES string of the molecule is CC1C=C(c2cc(SNC3(C)CC3)cn3c(-c4nnc(C(F)F)s4)cnc23)CCN1. The highest BCUT2D eigenvalue weighted by molar-refractivity contribution is 7.97. The van der Waals surface area contributed by atoms with Crippen molar-refractivity contribution >= 4 is 34.5 Å². The van der Waals surface area contributed by atoms with Crippen molar-refractivity contribution in [2.75, 3.05) is 6.54 Å². The summed E-state index contributed by atoms with van der Waals surface area (Å²) in [4.78, 5) is 5.69. The van der Waals surface area contributed by atoms with Gasteiger partial charge in [-0.15, -0.1) is 10.2 Å². The maximum atomic E-state index is 13.0. The Bertz CT molecular complexity index is 1120. The maximum absolute atomic E-state index is 13.0. The average Bonchev–Trinajstić information content (AvgIpc) is 3.12. The molecule has 0 amide bonds. The van der Waals surface area contributed by atoms with Crippen molar-refractivity contribution in [1.82, 2.24) is 29.6 Å². The molecule has 1 saturated carbocycles. The summed E-state index contributed by atoms with van der Waals surface area (Å²) in [5.41, 5.74) is 3.99. The van der Waals surface area contributed by atoms with Crippen LogP contribution in [0.15, 0.2) is 29.4 Å². The molecule has 5 rings (SSSR count). The number of pyridine rings is 1. The standard InChI is InChI=1S/C20H22F2N6S2/c1-11-7-12(3-6-23-11)14-8-13(30-27-20(2)4-5-20)10-28-15(9-24-17(14)28)18-25-26-19(29-18)16(21)22/h7-11,16,23,27H,3-6H2,1-2H3. The number of nitrogens with one attached hydrogen (secondary N) is 2. The number of halogens is 2. The molecular weight excluding hydrogens is 426 g/mol. The lowest BCUT2D eigenvalue weighted by atomic mass is 9.98. The highest BCUT2D eigenvalue weighted by Gasteiger charge is 2.37. The van der Waals surface area contributed by atoms with Crippen LogP contribution >= 0.6 is 23.3 Å². The van der Waals surface area contributed by atoms with Gasteiger partial charge >= 0.3 is 0 Å². The highest BCUT2D eigenvalue weighted by atomic mass is 32.2. The Balaban J connectivity index is 1.61. The van der Waals surface area contributed by atoms with E-state index in [1.165, 1.54) is 18.4 Å². The Morgan fingerprint density at radius 2 is 2.20 bits per heavy atom. The van der Waals surface area contributed by atoms with Crippen LogP contribution in [0.25, 0.3) is 21.9 Å². The zero-order valence-electron chi connectivity index (χ0n) is 16.7. The molecule has 10 heteroatoms. The number of alkyl halides is 2. The first-order valence-corrected chi connectivity index (χ1v) is 11.6. The second kappa shape index (κ2) is 7.67. The van der Waals surface area contributed by atoms with E-state index < -0.39 is 6.43 Å². The molecule has 3 aromatic heterocycles. The number of imidazole rings is 1. The average molecular weight is 449 g/mol. The number of hydrogen-bond acceptors (Lipinski definition) is 7. The number of hydrogen-bond donors (Lipinski definition) is 2. The number of nitrogens with zero attached hydrogens (tertiary/aromatic N) is 4. The fourth-order valence-electron chi connectivity index (χ4n) is 3.51. The van der Waals surface area contributed by atoms with Crippen LogP contribution in [0.2, 0.25) is 0 Å². The third kappa shape index (κ3) is 3.89.